The molecule has 4 heteroatoms. The number of nitrogens with one attached hydrogen (secondary N) is 1. The van der Waals surface area contributed by atoms with Gasteiger partial charge in [-0.1, -0.05) is 6.92 Å². The highest BCUT2D eigenvalue weighted by atomic mass is 32.1. The van der Waals surface area contributed by atoms with Gasteiger partial charge in [0, 0.05) is 40.8 Å². The first kappa shape index (κ1) is 15.9. The van der Waals surface area contributed by atoms with E-state index in [1.54, 1.807) is 0 Å². The highest BCUT2D eigenvalue weighted by Gasteiger charge is 2.03. The highest BCUT2D eigenvalue weighted by Crippen LogP contribution is 2.21. The van der Waals surface area contributed by atoms with E-state index in [2.05, 4.69) is 60.5 Å². The Morgan fingerprint density at radius 3 is 2.33 bits per heavy atom. The number of aliphatic hydroxyl groups excluding tert-OH is 1. The Balaban J connectivity index is 1.92. The predicted molar refractivity (Wildman–Crippen MR) is 92.4 cm³/mol. The smallest absolute Gasteiger partial charge is 0.0606 e. The van der Waals surface area contributed by atoms with Crippen LogP contribution in [-0.2, 0) is 13.0 Å². The summed E-state index contributed by atoms with van der Waals surface area (Å²) in [6, 6.07) is 12.8. The van der Waals surface area contributed by atoms with E-state index in [-0.39, 0.29) is 6.61 Å². The van der Waals surface area contributed by atoms with Gasteiger partial charge < -0.3 is 15.3 Å². The van der Waals surface area contributed by atoms with Crippen molar-refractivity contribution in [1.82, 2.24) is 0 Å². The Morgan fingerprint density at radius 1 is 1.05 bits per heavy atom. The number of benzene rings is 1. The lowest BCUT2D eigenvalue weighted by atomic mass is 10.2. The zero-order valence-electron chi connectivity index (χ0n) is 12.8. The van der Waals surface area contributed by atoms with Gasteiger partial charge in [0.2, 0.25) is 0 Å². The van der Waals surface area contributed by atoms with Crippen molar-refractivity contribution in [1.29, 1.82) is 0 Å². The van der Waals surface area contributed by atoms with E-state index in [1.165, 1.54) is 9.75 Å². The minimum Gasteiger partial charge on any atom is -0.395 e. The molecule has 0 atom stereocenters. The van der Waals surface area contributed by atoms with E-state index in [1.807, 2.05) is 11.3 Å². The molecule has 0 saturated carbocycles. The number of hydrogen-bond acceptors (Lipinski definition) is 4. The van der Waals surface area contributed by atoms with Crippen molar-refractivity contribution in [2.45, 2.75) is 26.8 Å². The molecule has 0 bridgehead atoms. The average Bonchev–Trinajstić information content (AvgIpc) is 2.99. The zero-order valence-corrected chi connectivity index (χ0v) is 13.6. The number of likely N-dealkylation sites (N-methyl/N-ethyl adjacent to an activating group) is 1. The second kappa shape index (κ2) is 8.05. The second-order valence-electron chi connectivity index (χ2n) is 4.93. The molecule has 0 spiro atoms. The molecule has 3 nitrogen and oxygen atoms in total. The van der Waals surface area contributed by atoms with Crippen molar-refractivity contribution in [3.8, 4) is 0 Å². The number of hydrogen-bond donors (Lipinski definition) is 2. The van der Waals surface area contributed by atoms with E-state index >= 15 is 0 Å². The van der Waals surface area contributed by atoms with Gasteiger partial charge in [-0.05, 0) is 49.7 Å². The summed E-state index contributed by atoms with van der Waals surface area (Å²) in [5.74, 6) is 0. The van der Waals surface area contributed by atoms with Gasteiger partial charge in [-0.25, -0.2) is 0 Å². The molecule has 0 aliphatic rings. The summed E-state index contributed by atoms with van der Waals surface area (Å²) >= 11 is 1.87. The number of anilines is 2. The molecule has 1 heterocycles. The summed E-state index contributed by atoms with van der Waals surface area (Å²) in [4.78, 5) is 4.97. The molecule has 0 saturated heterocycles. The zero-order chi connectivity index (χ0) is 15.1. The molecular formula is C17H24N2OS. The van der Waals surface area contributed by atoms with Gasteiger partial charge in [-0.3, -0.25) is 0 Å². The van der Waals surface area contributed by atoms with E-state index in [0.29, 0.717) is 6.54 Å². The average molecular weight is 304 g/mol. The lowest BCUT2D eigenvalue weighted by molar-refractivity contribution is 0.302. The number of nitrogens with zero attached hydrogens (tertiary/aromatic N) is 1. The quantitative estimate of drug-likeness (QED) is 0.780. The third kappa shape index (κ3) is 4.48. The fourth-order valence-electron chi connectivity index (χ4n) is 2.28. The fourth-order valence-corrected chi connectivity index (χ4v) is 3.17. The summed E-state index contributed by atoms with van der Waals surface area (Å²) in [6.45, 7) is 6.93. The SMILES string of the molecule is CCc1ccc(CNc2ccc(N(CC)CCO)cc2)s1. The van der Waals surface area contributed by atoms with Crippen molar-refractivity contribution in [2.24, 2.45) is 0 Å². The third-order valence-electron chi connectivity index (χ3n) is 3.52. The molecular weight excluding hydrogens is 280 g/mol. The number of aliphatic hydroxyl groups is 1. The first-order chi connectivity index (χ1) is 10.3. The second-order valence-corrected chi connectivity index (χ2v) is 6.18. The van der Waals surface area contributed by atoms with Gasteiger partial charge in [0.25, 0.3) is 0 Å². The van der Waals surface area contributed by atoms with Crippen LogP contribution < -0.4 is 10.2 Å². The molecule has 2 N–H and O–H groups in total. The summed E-state index contributed by atoms with van der Waals surface area (Å²) < 4.78 is 0. The minimum absolute atomic E-state index is 0.186. The van der Waals surface area contributed by atoms with E-state index in [4.69, 9.17) is 5.11 Å². The molecule has 1 aromatic carbocycles. The Labute approximate surface area is 131 Å². The summed E-state index contributed by atoms with van der Waals surface area (Å²) in [7, 11) is 0. The van der Waals surface area contributed by atoms with Crippen LogP contribution in [0, 0.1) is 0 Å². The van der Waals surface area contributed by atoms with Crippen LogP contribution in [0.15, 0.2) is 36.4 Å². The van der Waals surface area contributed by atoms with Crippen molar-refractivity contribution in [3.05, 3.63) is 46.2 Å². The van der Waals surface area contributed by atoms with Gasteiger partial charge in [0.1, 0.15) is 0 Å². The molecule has 0 radical (unpaired) electrons. The predicted octanol–water partition coefficient (Wildman–Crippen LogP) is 3.74. The molecule has 0 aliphatic heterocycles. The van der Waals surface area contributed by atoms with Crippen LogP contribution in [0.4, 0.5) is 11.4 Å². The molecule has 0 fully saturated rings. The van der Waals surface area contributed by atoms with Gasteiger partial charge >= 0.3 is 0 Å². The Bertz CT molecular complexity index is 536. The number of thiophene rings is 1. The van der Waals surface area contributed by atoms with E-state index in [0.717, 1.165) is 30.9 Å². The molecule has 114 valence electrons. The third-order valence-corrected chi connectivity index (χ3v) is 4.75. The van der Waals surface area contributed by atoms with Crippen molar-refractivity contribution >= 4 is 22.7 Å². The largest absolute Gasteiger partial charge is 0.395 e. The summed E-state index contributed by atoms with van der Waals surface area (Å²) in [5, 5.41) is 12.5. The van der Waals surface area contributed by atoms with Crippen LogP contribution in [0.5, 0.6) is 0 Å². The fraction of sp³-hybridized carbons (Fsp3) is 0.412. The monoisotopic (exact) mass is 304 g/mol. The summed E-state index contributed by atoms with van der Waals surface area (Å²) in [5.41, 5.74) is 2.28. The molecule has 0 unspecified atom stereocenters. The normalized spacial score (nSPS) is 10.6. The molecule has 2 aromatic rings. The van der Waals surface area contributed by atoms with Gasteiger partial charge in [-0.15, -0.1) is 11.3 Å². The van der Waals surface area contributed by atoms with Gasteiger partial charge in [0.05, 0.1) is 6.61 Å². The molecule has 0 amide bonds. The van der Waals surface area contributed by atoms with Crippen molar-refractivity contribution in [3.63, 3.8) is 0 Å². The Morgan fingerprint density at radius 2 is 1.76 bits per heavy atom. The van der Waals surface area contributed by atoms with Gasteiger partial charge in [0.15, 0.2) is 0 Å². The Kier molecular flexibility index (Phi) is 6.08. The van der Waals surface area contributed by atoms with Crippen molar-refractivity contribution < 1.29 is 5.11 Å². The molecule has 1 aromatic heterocycles. The molecule has 2 rings (SSSR count). The van der Waals surface area contributed by atoms with Crippen LogP contribution in [0.25, 0.3) is 0 Å². The summed E-state index contributed by atoms with van der Waals surface area (Å²) in [6.07, 6.45) is 1.11. The first-order valence-corrected chi connectivity index (χ1v) is 8.35. The van der Waals surface area contributed by atoms with Crippen LogP contribution in [0.2, 0.25) is 0 Å². The lowest BCUT2D eigenvalue weighted by Crippen LogP contribution is -2.25. The van der Waals surface area contributed by atoms with Crippen LogP contribution in [0.1, 0.15) is 23.6 Å². The minimum atomic E-state index is 0.186. The maximum Gasteiger partial charge on any atom is 0.0606 e. The number of aryl methyl sites for hydroxylation is 1. The molecule has 21 heavy (non-hydrogen) atoms. The van der Waals surface area contributed by atoms with Crippen LogP contribution in [0.3, 0.4) is 0 Å². The van der Waals surface area contributed by atoms with Gasteiger partial charge in [-0.2, -0.15) is 0 Å². The standard InChI is InChI=1S/C17H24N2OS/c1-3-16-9-10-17(21-16)13-18-14-5-7-15(8-6-14)19(4-2)11-12-20/h5-10,18,20H,3-4,11-13H2,1-2H3. The van der Waals surface area contributed by atoms with Crippen molar-refractivity contribution in [2.75, 3.05) is 29.9 Å². The Hall–Kier alpha value is -1.52. The van der Waals surface area contributed by atoms with Crippen LogP contribution in [-0.4, -0.2) is 24.8 Å². The van der Waals surface area contributed by atoms with E-state index in [9.17, 15) is 0 Å². The topological polar surface area (TPSA) is 35.5 Å². The maximum atomic E-state index is 9.06. The number of rotatable bonds is 8. The van der Waals surface area contributed by atoms with Crippen LogP contribution >= 0.6 is 11.3 Å². The highest BCUT2D eigenvalue weighted by molar-refractivity contribution is 7.12. The first-order valence-electron chi connectivity index (χ1n) is 7.54. The maximum absolute atomic E-state index is 9.06. The lowest BCUT2D eigenvalue weighted by Gasteiger charge is -2.22. The van der Waals surface area contributed by atoms with E-state index < -0.39 is 0 Å². The molecule has 0 aliphatic carbocycles.